The Balaban J connectivity index is 1.79. The molecule has 0 unspecified atom stereocenters. The van der Waals surface area contributed by atoms with Gasteiger partial charge in [-0.15, -0.1) is 0 Å². The van der Waals surface area contributed by atoms with E-state index in [0.29, 0.717) is 18.4 Å². The molecule has 0 fully saturated rings. The van der Waals surface area contributed by atoms with Crippen LogP contribution < -0.4 is 21.9 Å². The molecule has 0 saturated heterocycles. The molecule has 10 nitrogen and oxygen atoms in total. The topological polar surface area (TPSA) is 132 Å². The molecule has 192 valence electrons. The van der Waals surface area contributed by atoms with E-state index in [1.165, 1.54) is 9.47 Å². The molecule has 0 aliphatic rings. The van der Waals surface area contributed by atoms with Crippen LogP contribution in [0.15, 0.2) is 46.0 Å². The maximum atomic E-state index is 13.1. The van der Waals surface area contributed by atoms with Crippen LogP contribution in [0.2, 0.25) is 0 Å². The molecule has 0 spiro atoms. The molecule has 0 aliphatic heterocycles. The van der Waals surface area contributed by atoms with Crippen molar-refractivity contribution in [2.24, 2.45) is 0 Å². The first-order chi connectivity index (χ1) is 17.2. The molecule has 1 aromatic carbocycles. The van der Waals surface area contributed by atoms with E-state index in [1.54, 1.807) is 12.1 Å². The van der Waals surface area contributed by atoms with E-state index < -0.39 is 29.7 Å². The number of nitrogens with one attached hydrogen (secondary N) is 1. The molecule has 0 radical (unpaired) electrons. The molecule has 2 heterocycles. The molecule has 3 rings (SSSR count). The highest BCUT2D eigenvalue weighted by Crippen LogP contribution is 2.19. The second-order valence-electron chi connectivity index (χ2n) is 8.62. The fourth-order valence-electron chi connectivity index (χ4n) is 4.07. The Morgan fingerprint density at radius 2 is 1.64 bits per heavy atom. The molecule has 0 saturated carbocycles. The monoisotopic (exact) mass is 495 g/mol. The molecule has 10 heteroatoms. The van der Waals surface area contributed by atoms with Crippen molar-refractivity contribution in [1.29, 1.82) is 0 Å². The number of benzene rings is 1. The minimum absolute atomic E-state index is 0.0902. The maximum absolute atomic E-state index is 13.1. The number of aryl methyl sites for hydroxylation is 2. The molecule has 36 heavy (non-hydrogen) atoms. The van der Waals surface area contributed by atoms with Crippen molar-refractivity contribution in [2.75, 3.05) is 23.8 Å². The number of nitrogens with zero attached hydrogens (tertiary/aromatic N) is 3. The Bertz CT molecular complexity index is 1330. The summed E-state index contributed by atoms with van der Waals surface area (Å²) in [6.45, 7) is 7.70. The van der Waals surface area contributed by atoms with Gasteiger partial charge in [-0.3, -0.25) is 19.1 Å². The number of rotatable bonds is 10. The van der Waals surface area contributed by atoms with Crippen LogP contribution in [0.5, 0.6) is 0 Å². The Morgan fingerprint density at radius 3 is 2.22 bits per heavy atom. The lowest BCUT2D eigenvalue weighted by molar-refractivity contribution is -0.121. The highest BCUT2D eigenvalue weighted by Gasteiger charge is 2.25. The number of carbonyl (C=O) groups excluding carboxylic acids is 2. The smallest absolute Gasteiger partial charge is 0.338 e. The van der Waals surface area contributed by atoms with Crippen molar-refractivity contribution in [3.63, 3.8) is 0 Å². The van der Waals surface area contributed by atoms with E-state index >= 15 is 0 Å². The Kier molecular flexibility index (Phi) is 8.52. The van der Waals surface area contributed by atoms with Crippen molar-refractivity contribution in [2.45, 2.75) is 53.5 Å². The van der Waals surface area contributed by atoms with Crippen LogP contribution in [0.4, 0.5) is 11.5 Å². The van der Waals surface area contributed by atoms with Crippen molar-refractivity contribution in [3.05, 3.63) is 74.2 Å². The minimum Gasteiger partial charge on any atom is -0.452 e. The lowest BCUT2D eigenvalue weighted by Gasteiger charge is -2.24. The van der Waals surface area contributed by atoms with Gasteiger partial charge in [0, 0.05) is 30.2 Å². The third-order valence-electron chi connectivity index (χ3n) is 5.93. The van der Waals surface area contributed by atoms with E-state index in [4.69, 9.17) is 10.5 Å². The predicted molar refractivity (Wildman–Crippen MR) is 139 cm³/mol. The molecule has 0 aliphatic carbocycles. The third kappa shape index (κ3) is 5.59. The molecule has 1 amide bonds. The van der Waals surface area contributed by atoms with Gasteiger partial charge in [0.25, 0.3) is 11.5 Å². The average molecular weight is 496 g/mol. The van der Waals surface area contributed by atoms with Crippen molar-refractivity contribution < 1.29 is 14.3 Å². The molecule has 3 N–H and O–H groups in total. The van der Waals surface area contributed by atoms with Gasteiger partial charge in [0.15, 0.2) is 12.3 Å². The summed E-state index contributed by atoms with van der Waals surface area (Å²) in [5.41, 5.74) is 7.98. The van der Waals surface area contributed by atoms with Crippen LogP contribution >= 0.6 is 0 Å². The summed E-state index contributed by atoms with van der Waals surface area (Å²) in [6, 6.07) is 10.9. The number of hydrogen-bond donors (Lipinski definition) is 2. The number of carbonyl (C=O) groups is 2. The number of amides is 1. The molecular formula is C26H33N5O5. The Labute approximate surface area is 209 Å². The van der Waals surface area contributed by atoms with E-state index in [9.17, 15) is 19.2 Å². The van der Waals surface area contributed by atoms with Gasteiger partial charge in [-0.1, -0.05) is 20.3 Å². The SMILES string of the molecule is CCCCN(C(=O)COC(=O)c1ccc(-n2c(C)ccc2C)cc1)c1c(N)n(CCC)c(=O)[nH]c1=O. The number of anilines is 2. The summed E-state index contributed by atoms with van der Waals surface area (Å²) in [6.07, 6.45) is 1.95. The van der Waals surface area contributed by atoms with Crippen LogP contribution in [-0.2, 0) is 16.1 Å². The van der Waals surface area contributed by atoms with Gasteiger partial charge < -0.3 is 19.9 Å². The number of H-pyrrole nitrogens is 1. The van der Waals surface area contributed by atoms with Gasteiger partial charge in [0.2, 0.25) is 0 Å². The fraction of sp³-hybridized carbons (Fsp3) is 0.385. The summed E-state index contributed by atoms with van der Waals surface area (Å²) in [5, 5.41) is 0. The van der Waals surface area contributed by atoms with Gasteiger partial charge in [-0.05, 0) is 63.1 Å². The molecule has 0 bridgehead atoms. The lowest BCUT2D eigenvalue weighted by atomic mass is 10.2. The first-order valence-corrected chi connectivity index (χ1v) is 12.0. The van der Waals surface area contributed by atoms with E-state index in [-0.39, 0.29) is 24.6 Å². The van der Waals surface area contributed by atoms with Crippen LogP contribution in [0, 0.1) is 13.8 Å². The Hall–Kier alpha value is -4.08. The number of aromatic nitrogens is 3. The second-order valence-corrected chi connectivity index (χ2v) is 8.62. The zero-order valence-corrected chi connectivity index (χ0v) is 21.2. The van der Waals surface area contributed by atoms with Gasteiger partial charge in [-0.25, -0.2) is 9.59 Å². The van der Waals surface area contributed by atoms with E-state index in [2.05, 4.69) is 9.55 Å². The van der Waals surface area contributed by atoms with Crippen molar-refractivity contribution in [1.82, 2.24) is 14.1 Å². The number of nitrogens with two attached hydrogens (primary N) is 1. The van der Waals surface area contributed by atoms with Gasteiger partial charge in [-0.2, -0.15) is 0 Å². The zero-order valence-electron chi connectivity index (χ0n) is 21.2. The second kappa shape index (κ2) is 11.6. The summed E-state index contributed by atoms with van der Waals surface area (Å²) in [7, 11) is 0. The number of hydrogen-bond acceptors (Lipinski definition) is 6. The quantitative estimate of drug-likeness (QED) is 0.416. The number of unbranched alkanes of at least 4 members (excludes halogenated alkanes) is 1. The van der Waals surface area contributed by atoms with E-state index in [1.807, 2.05) is 52.0 Å². The van der Waals surface area contributed by atoms with Crippen molar-refractivity contribution in [3.8, 4) is 5.69 Å². The summed E-state index contributed by atoms with van der Waals surface area (Å²) < 4.78 is 8.56. The lowest BCUT2D eigenvalue weighted by Crippen LogP contribution is -2.43. The summed E-state index contributed by atoms with van der Waals surface area (Å²) in [5.74, 6) is -1.36. The summed E-state index contributed by atoms with van der Waals surface area (Å²) in [4.78, 5) is 53.9. The number of nitrogen functional groups attached to an aromatic ring is 1. The normalized spacial score (nSPS) is 10.9. The minimum atomic E-state index is -0.758. The summed E-state index contributed by atoms with van der Waals surface area (Å²) >= 11 is 0. The highest BCUT2D eigenvalue weighted by atomic mass is 16.5. The molecule has 2 aromatic heterocycles. The standard InChI is InChI=1S/C26H33N5O5/c1-5-7-15-29(22-23(27)30(14-6-2)26(35)28-24(22)33)21(32)16-36-25(34)19-10-12-20(13-11-19)31-17(3)8-9-18(31)4/h8-13H,5-7,14-16,27H2,1-4H3,(H,28,33,35). The number of esters is 1. The predicted octanol–water partition coefficient (Wildman–Crippen LogP) is 2.93. The molecular weight excluding hydrogens is 462 g/mol. The molecule has 0 atom stereocenters. The van der Waals surface area contributed by atoms with Crippen LogP contribution in [0.1, 0.15) is 54.9 Å². The van der Waals surface area contributed by atoms with E-state index in [0.717, 1.165) is 23.5 Å². The average Bonchev–Trinajstić information content (AvgIpc) is 3.19. The van der Waals surface area contributed by atoms with Gasteiger partial charge in [0.05, 0.1) is 5.56 Å². The van der Waals surface area contributed by atoms with Crippen LogP contribution in [-0.4, -0.2) is 39.1 Å². The van der Waals surface area contributed by atoms with Crippen LogP contribution in [0.3, 0.4) is 0 Å². The first-order valence-electron chi connectivity index (χ1n) is 12.0. The Morgan fingerprint density at radius 1 is 1.00 bits per heavy atom. The first kappa shape index (κ1) is 26.5. The fourth-order valence-corrected chi connectivity index (χ4v) is 4.07. The van der Waals surface area contributed by atoms with Crippen LogP contribution in [0.25, 0.3) is 5.69 Å². The highest BCUT2D eigenvalue weighted by molar-refractivity contribution is 5.98. The number of aromatic amines is 1. The third-order valence-corrected chi connectivity index (χ3v) is 5.93. The molecule has 3 aromatic rings. The van der Waals surface area contributed by atoms with Gasteiger partial charge in [0.1, 0.15) is 5.82 Å². The van der Waals surface area contributed by atoms with Gasteiger partial charge >= 0.3 is 11.7 Å². The zero-order chi connectivity index (χ0) is 26.4. The largest absolute Gasteiger partial charge is 0.452 e. The number of ether oxygens (including phenoxy) is 1. The van der Waals surface area contributed by atoms with Crippen molar-refractivity contribution >= 4 is 23.4 Å². The maximum Gasteiger partial charge on any atom is 0.338 e.